The summed E-state index contributed by atoms with van der Waals surface area (Å²) in [6.07, 6.45) is 44.7. The lowest BCUT2D eigenvalue weighted by Crippen LogP contribution is -2.60. The van der Waals surface area contributed by atoms with Crippen molar-refractivity contribution in [2.45, 2.75) is 198 Å². The second-order valence-electron chi connectivity index (χ2n) is 16.0. The van der Waals surface area contributed by atoms with E-state index < -0.39 is 59.8 Å². The van der Waals surface area contributed by atoms with Gasteiger partial charge in [-0.15, -0.1) is 0 Å². The SMILES string of the molecule is CC/C=C\C/C=C\C/C=C\C/C=C\C/C=C\C/C=C\CCCCCOCC(COC1OC(CO)C(O)C(OS(=O)(=O)O)C1O)OC(=O)CCCCCCC/C=C\CCCCCCC. The van der Waals surface area contributed by atoms with Crippen LogP contribution in [0.2, 0.25) is 0 Å². The van der Waals surface area contributed by atoms with Crippen molar-refractivity contribution in [3.8, 4) is 0 Å². The maximum atomic E-state index is 12.9. The lowest BCUT2D eigenvalue weighted by molar-refractivity contribution is -0.301. The van der Waals surface area contributed by atoms with E-state index >= 15 is 0 Å². The lowest BCUT2D eigenvalue weighted by atomic mass is 9.99. The van der Waals surface area contributed by atoms with E-state index in [1.54, 1.807) is 0 Å². The highest BCUT2D eigenvalue weighted by molar-refractivity contribution is 7.80. The predicted molar refractivity (Wildman–Crippen MR) is 252 cm³/mol. The Labute approximate surface area is 381 Å². The van der Waals surface area contributed by atoms with Crippen molar-refractivity contribution in [1.29, 1.82) is 0 Å². The summed E-state index contributed by atoms with van der Waals surface area (Å²) in [5, 5.41) is 30.7. The third kappa shape index (κ3) is 34.3. The van der Waals surface area contributed by atoms with Crippen molar-refractivity contribution in [2.24, 2.45) is 0 Å². The lowest BCUT2D eigenvalue weighted by Gasteiger charge is -2.41. The molecule has 13 heteroatoms. The smallest absolute Gasteiger partial charge is 0.397 e. The number of unbranched alkanes of at least 4 members (excludes halogenated alkanes) is 13. The van der Waals surface area contributed by atoms with Crippen LogP contribution in [0.1, 0.15) is 162 Å². The molecule has 1 aliphatic heterocycles. The molecule has 0 aromatic carbocycles. The minimum Gasteiger partial charge on any atom is -0.457 e. The van der Waals surface area contributed by atoms with Gasteiger partial charge in [0.25, 0.3) is 0 Å². The molecule has 0 amide bonds. The predicted octanol–water partition coefficient (Wildman–Crippen LogP) is 10.5. The first-order valence-electron chi connectivity index (χ1n) is 23.8. The molecule has 0 radical (unpaired) electrons. The van der Waals surface area contributed by atoms with E-state index in [0.29, 0.717) is 13.0 Å². The number of aliphatic hydroxyl groups excluding tert-OH is 3. The van der Waals surface area contributed by atoms with Crippen LogP contribution < -0.4 is 0 Å². The number of rotatable bonds is 40. The summed E-state index contributed by atoms with van der Waals surface area (Å²) in [5.74, 6) is -0.424. The molecule has 0 aromatic heterocycles. The number of esters is 1. The van der Waals surface area contributed by atoms with Crippen LogP contribution in [-0.2, 0) is 38.3 Å². The summed E-state index contributed by atoms with van der Waals surface area (Å²) in [6, 6.07) is 0. The number of hydrogen-bond acceptors (Lipinski definition) is 11. The summed E-state index contributed by atoms with van der Waals surface area (Å²) in [5.41, 5.74) is 0. The normalized spacial score (nSPS) is 20.6. The fourth-order valence-electron chi connectivity index (χ4n) is 6.67. The Bertz CT molecular complexity index is 1420. The fourth-order valence-corrected chi connectivity index (χ4v) is 7.18. The molecule has 6 unspecified atom stereocenters. The Morgan fingerprint density at radius 3 is 1.62 bits per heavy atom. The van der Waals surface area contributed by atoms with Gasteiger partial charge in [0.05, 0.1) is 19.8 Å². The van der Waals surface area contributed by atoms with Gasteiger partial charge >= 0.3 is 16.4 Å². The van der Waals surface area contributed by atoms with Gasteiger partial charge < -0.3 is 34.3 Å². The highest BCUT2D eigenvalue weighted by Gasteiger charge is 2.48. The van der Waals surface area contributed by atoms with Crippen LogP contribution in [0.3, 0.4) is 0 Å². The molecule has 63 heavy (non-hydrogen) atoms. The van der Waals surface area contributed by atoms with E-state index in [0.717, 1.165) is 103 Å². The second kappa shape index (κ2) is 40.8. The topological polar surface area (TPSA) is 178 Å². The maximum absolute atomic E-state index is 12.9. The molecule has 1 aliphatic rings. The molecule has 1 rings (SSSR count). The van der Waals surface area contributed by atoms with Gasteiger partial charge in [-0.2, -0.15) is 8.42 Å². The van der Waals surface area contributed by atoms with E-state index in [-0.39, 0.29) is 19.6 Å². The van der Waals surface area contributed by atoms with E-state index in [1.165, 1.54) is 32.1 Å². The van der Waals surface area contributed by atoms with Crippen molar-refractivity contribution in [3.63, 3.8) is 0 Å². The van der Waals surface area contributed by atoms with Crippen LogP contribution in [0.4, 0.5) is 0 Å². The first kappa shape index (κ1) is 58.3. The fraction of sp³-hybridized carbons (Fsp3) is 0.700. The van der Waals surface area contributed by atoms with Crippen molar-refractivity contribution in [2.75, 3.05) is 26.4 Å². The molecular formula is C50H84O12S. The molecule has 1 heterocycles. The number of ether oxygens (including phenoxy) is 4. The van der Waals surface area contributed by atoms with Crippen molar-refractivity contribution in [3.05, 3.63) is 85.1 Å². The Hall–Kier alpha value is -2.72. The number of allylic oxidation sites excluding steroid dienone is 14. The largest absolute Gasteiger partial charge is 0.457 e. The van der Waals surface area contributed by atoms with Crippen LogP contribution in [0, 0.1) is 0 Å². The van der Waals surface area contributed by atoms with Crippen molar-refractivity contribution >= 4 is 16.4 Å². The van der Waals surface area contributed by atoms with E-state index in [2.05, 4.69) is 103 Å². The average molecular weight is 909 g/mol. The van der Waals surface area contributed by atoms with Gasteiger partial charge in [0.15, 0.2) is 6.29 Å². The van der Waals surface area contributed by atoms with Gasteiger partial charge in [-0.05, 0) is 89.9 Å². The number of hydrogen-bond donors (Lipinski definition) is 4. The average Bonchev–Trinajstić information content (AvgIpc) is 3.26. The third-order valence-corrected chi connectivity index (χ3v) is 10.7. The third-order valence-electron chi connectivity index (χ3n) is 10.3. The standard InChI is InChI=1S/C50H84O12S/c1-3-5-7-9-11-13-15-17-19-20-21-22-23-24-25-26-28-30-32-34-36-38-40-58-42-44(43-59-50-48(54)49(62-63(55,56)57)47(53)45(41-51)61-50)60-46(52)39-37-35-33-31-29-27-18-16-14-12-10-8-6-4-2/h5,7,11,13,16-19,21-22,24-25,28,30,44-45,47-51,53-54H,3-4,6,8-10,12,14-15,20,23,26-27,29,31-43H2,1-2H3,(H,55,56,57)/b7-5-,13-11-,18-16-,19-17-,22-21-,25-24-,30-28-. The van der Waals surface area contributed by atoms with Crippen molar-refractivity contribution < 1.29 is 56.2 Å². The summed E-state index contributed by atoms with van der Waals surface area (Å²) in [7, 11) is -5.07. The Kier molecular flexibility index (Phi) is 37.7. The summed E-state index contributed by atoms with van der Waals surface area (Å²) < 4.78 is 59.1. The van der Waals surface area contributed by atoms with Crippen LogP contribution >= 0.6 is 0 Å². The van der Waals surface area contributed by atoms with Gasteiger partial charge in [0.1, 0.15) is 30.5 Å². The molecule has 6 atom stereocenters. The number of carbonyl (C=O) groups excluding carboxylic acids is 1. The highest BCUT2D eigenvalue weighted by Crippen LogP contribution is 2.26. The first-order valence-corrected chi connectivity index (χ1v) is 25.2. The second-order valence-corrected chi connectivity index (χ2v) is 17.0. The van der Waals surface area contributed by atoms with E-state index in [9.17, 15) is 28.5 Å². The van der Waals surface area contributed by atoms with E-state index in [4.69, 9.17) is 23.5 Å². The van der Waals surface area contributed by atoms with Gasteiger partial charge in [-0.3, -0.25) is 9.35 Å². The van der Waals surface area contributed by atoms with Gasteiger partial charge in [-0.1, -0.05) is 150 Å². The van der Waals surface area contributed by atoms with Crippen LogP contribution in [0.5, 0.6) is 0 Å². The Balaban J connectivity index is 2.44. The molecule has 0 bridgehead atoms. The minimum absolute atomic E-state index is 0.00493. The van der Waals surface area contributed by atoms with Crippen LogP contribution in [0.15, 0.2) is 85.1 Å². The van der Waals surface area contributed by atoms with Crippen molar-refractivity contribution in [1.82, 2.24) is 0 Å². The summed E-state index contributed by atoms with van der Waals surface area (Å²) in [4.78, 5) is 12.9. The molecule has 12 nitrogen and oxygen atoms in total. The Morgan fingerprint density at radius 2 is 1.10 bits per heavy atom. The summed E-state index contributed by atoms with van der Waals surface area (Å²) >= 11 is 0. The molecule has 1 fully saturated rings. The maximum Gasteiger partial charge on any atom is 0.397 e. The minimum atomic E-state index is -5.07. The molecule has 0 saturated carbocycles. The molecular weight excluding hydrogens is 825 g/mol. The van der Waals surface area contributed by atoms with Gasteiger partial charge in [-0.25, -0.2) is 4.18 Å². The molecule has 0 spiro atoms. The number of carbonyl (C=O) groups is 1. The highest BCUT2D eigenvalue weighted by atomic mass is 32.3. The molecule has 4 N–H and O–H groups in total. The van der Waals surface area contributed by atoms with Crippen LogP contribution in [-0.4, -0.2) is 97.5 Å². The zero-order valence-electron chi connectivity index (χ0n) is 38.6. The summed E-state index contributed by atoms with van der Waals surface area (Å²) in [6.45, 7) is 3.75. The van der Waals surface area contributed by atoms with E-state index in [1.807, 2.05) is 0 Å². The first-order chi connectivity index (χ1) is 30.6. The quantitative estimate of drug-likeness (QED) is 0.0198. The zero-order chi connectivity index (χ0) is 46.1. The van der Waals surface area contributed by atoms with Gasteiger partial charge in [0, 0.05) is 13.0 Å². The number of aliphatic hydroxyl groups is 3. The molecule has 1 saturated heterocycles. The van der Waals surface area contributed by atoms with Crippen LogP contribution in [0.25, 0.3) is 0 Å². The molecule has 0 aliphatic carbocycles. The Morgan fingerprint density at radius 1 is 0.619 bits per heavy atom. The monoisotopic (exact) mass is 909 g/mol. The molecule has 0 aromatic rings. The zero-order valence-corrected chi connectivity index (χ0v) is 39.4. The van der Waals surface area contributed by atoms with Gasteiger partial charge in [0.2, 0.25) is 0 Å². The molecule has 362 valence electrons.